The van der Waals surface area contributed by atoms with E-state index in [0.29, 0.717) is 22.7 Å². The minimum absolute atomic E-state index is 0.114. The number of carbonyl (C=O) groups excluding carboxylic acids is 2. The monoisotopic (exact) mass is 469 g/mol. The SMILES string of the molecule is Cc1ccc(N(C(=O)Cn2nnc3ccccc32)[C@@H](C(=O)NCc2ccco2)c2ccco2)cc1. The van der Waals surface area contributed by atoms with Gasteiger partial charge in [0, 0.05) is 5.69 Å². The van der Waals surface area contributed by atoms with Gasteiger partial charge >= 0.3 is 0 Å². The van der Waals surface area contributed by atoms with Crippen LogP contribution < -0.4 is 10.2 Å². The van der Waals surface area contributed by atoms with Gasteiger partial charge in [0.05, 0.1) is 24.6 Å². The van der Waals surface area contributed by atoms with Gasteiger partial charge in [-0.1, -0.05) is 35.0 Å². The molecule has 2 aromatic carbocycles. The first kappa shape index (κ1) is 22.1. The van der Waals surface area contributed by atoms with Gasteiger partial charge in [0.25, 0.3) is 5.91 Å². The highest BCUT2D eigenvalue weighted by Gasteiger charge is 2.35. The van der Waals surface area contributed by atoms with Crippen molar-refractivity contribution in [2.24, 2.45) is 0 Å². The summed E-state index contributed by atoms with van der Waals surface area (Å²) >= 11 is 0. The molecule has 0 aliphatic carbocycles. The minimum Gasteiger partial charge on any atom is -0.467 e. The Hall–Kier alpha value is -4.66. The zero-order valence-electron chi connectivity index (χ0n) is 19.0. The Bertz CT molecular complexity index is 1420. The molecule has 3 aromatic heterocycles. The van der Waals surface area contributed by atoms with Gasteiger partial charge in [-0.2, -0.15) is 0 Å². The summed E-state index contributed by atoms with van der Waals surface area (Å²) in [5.74, 6) is 0.172. The smallest absolute Gasteiger partial charge is 0.251 e. The number of fused-ring (bicyclic) bond motifs is 1. The van der Waals surface area contributed by atoms with E-state index in [4.69, 9.17) is 8.83 Å². The van der Waals surface area contributed by atoms with Crippen molar-refractivity contribution in [2.45, 2.75) is 26.1 Å². The van der Waals surface area contributed by atoms with E-state index in [-0.39, 0.29) is 19.0 Å². The van der Waals surface area contributed by atoms with E-state index >= 15 is 0 Å². The maximum absolute atomic E-state index is 13.8. The molecule has 0 saturated carbocycles. The molecule has 0 saturated heterocycles. The highest BCUT2D eigenvalue weighted by atomic mass is 16.3. The average molecular weight is 470 g/mol. The third kappa shape index (κ3) is 4.70. The number of rotatable bonds is 8. The van der Waals surface area contributed by atoms with E-state index in [1.165, 1.54) is 22.1 Å². The molecule has 0 spiro atoms. The van der Waals surface area contributed by atoms with Gasteiger partial charge < -0.3 is 14.2 Å². The van der Waals surface area contributed by atoms with Crippen LogP contribution in [0.2, 0.25) is 0 Å². The number of nitrogens with one attached hydrogen (secondary N) is 1. The zero-order valence-corrected chi connectivity index (χ0v) is 19.0. The van der Waals surface area contributed by atoms with Crippen LogP contribution >= 0.6 is 0 Å². The topological polar surface area (TPSA) is 106 Å². The van der Waals surface area contributed by atoms with Crippen LogP contribution in [0.5, 0.6) is 0 Å². The van der Waals surface area contributed by atoms with Gasteiger partial charge in [0.2, 0.25) is 5.91 Å². The van der Waals surface area contributed by atoms with Crippen molar-refractivity contribution in [1.29, 1.82) is 0 Å². The second-order valence-corrected chi connectivity index (χ2v) is 8.05. The van der Waals surface area contributed by atoms with Gasteiger partial charge in [0.1, 0.15) is 23.6 Å². The van der Waals surface area contributed by atoms with E-state index in [1.807, 2.05) is 55.5 Å². The Balaban J connectivity index is 1.51. The number of carbonyl (C=O) groups is 2. The lowest BCUT2D eigenvalue weighted by Crippen LogP contribution is -2.45. The van der Waals surface area contributed by atoms with Crippen LogP contribution in [0.4, 0.5) is 5.69 Å². The summed E-state index contributed by atoms with van der Waals surface area (Å²) < 4.78 is 12.5. The van der Waals surface area contributed by atoms with Crippen LogP contribution in [0.3, 0.4) is 0 Å². The van der Waals surface area contributed by atoms with E-state index in [1.54, 1.807) is 24.3 Å². The van der Waals surface area contributed by atoms with Gasteiger partial charge in [-0.05, 0) is 55.5 Å². The number of aryl methyl sites for hydroxylation is 1. The molecule has 0 aliphatic rings. The Labute approximate surface area is 200 Å². The van der Waals surface area contributed by atoms with Gasteiger partial charge in [0.15, 0.2) is 6.04 Å². The summed E-state index contributed by atoms with van der Waals surface area (Å²) in [5.41, 5.74) is 2.99. The molecule has 5 aromatic rings. The second kappa shape index (κ2) is 9.68. The van der Waals surface area contributed by atoms with E-state index in [0.717, 1.165) is 11.1 Å². The van der Waals surface area contributed by atoms with Crippen molar-refractivity contribution in [3.8, 4) is 0 Å². The molecular weight excluding hydrogens is 446 g/mol. The first-order valence-electron chi connectivity index (χ1n) is 11.1. The van der Waals surface area contributed by atoms with Crippen molar-refractivity contribution in [1.82, 2.24) is 20.3 Å². The zero-order chi connectivity index (χ0) is 24.2. The minimum atomic E-state index is -1.05. The molecule has 0 unspecified atom stereocenters. The maximum Gasteiger partial charge on any atom is 0.251 e. The number of amides is 2. The predicted octanol–water partition coefficient (Wildman–Crippen LogP) is 4.02. The number of hydrogen-bond donors (Lipinski definition) is 1. The number of para-hydroxylation sites is 1. The Morgan fingerprint density at radius 2 is 1.74 bits per heavy atom. The third-order valence-corrected chi connectivity index (χ3v) is 5.62. The predicted molar refractivity (Wildman–Crippen MR) is 128 cm³/mol. The Kier molecular flexibility index (Phi) is 6.13. The fraction of sp³-hybridized carbons (Fsp3) is 0.154. The molecule has 35 heavy (non-hydrogen) atoms. The molecule has 1 atom stereocenters. The van der Waals surface area contributed by atoms with E-state index in [9.17, 15) is 9.59 Å². The molecule has 9 heteroatoms. The Morgan fingerprint density at radius 1 is 0.971 bits per heavy atom. The molecule has 0 aliphatic heterocycles. The van der Waals surface area contributed by atoms with Crippen molar-refractivity contribution in [3.05, 3.63) is 102 Å². The summed E-state index contributed by atoms with van der Waals surface area (Å²) in [6.07, 6.45) is 3.01. The Morgan fingerprint density at radius 3 is 2.49 bits per heavy atom. The summed E-state index contributed by atoms with van der Waals surface area (Å²) in [7, 11) is 0. The van der Waals surface area contributed by atoms with Crippen LogP contribution in [0.25, 0.3) is 11.0 Å². The number of hydrogen-bond acceptors (Lipinski definition) is 6. The van der Waals surface area contributed by atoms with Crippen molar-refractivity contribution < 1.29 is 18.4 Å². The van der Waals surface area contributed by atoms with Crippen LogP contribution in [0.15, 0.2) is 94.2 Å². The quantitative estimate of drug-likeness (QED) is 0.368. The van der Waals surface area contributed by atoms with Crippen LogP contribution in [0, 0.1) is 6.92 Å². The molecule has 3 heterocycles. The van der Waals surface area contributed by atoms with Crippen LogP contribution in [-0.2, 0) is 22.7 Å². The van der Waals surface area contributed by atoms with E-state index < -0.39 is 11.9 Å². The summed E-state index contributed by atoms with van der Waals surface area (Å²) in [6, 6.07) is 20.6. The average Bonchev–Trinajstić information content (AvgIpc) is 3.65. The fourth-order valence-corrected chi connectivity index (χ4v) is 3.89. The molecule has 176 valence electrons. The lowest BCUT2D eigenvalue weighted by Gasteiger charge is -2.30. The normalized spacial score (nSPS) is 11.9. The van der Waals surface area contributed by atoms with Crippen LogP contribution in [0.1, 0.15) is 23.1 Å². The van der Waals surface area contributed by atoms with Gasteiger partial charge in [-0.15, -0.1) is 5.10 Å². The van der Waals surface area contributed by atoms with E-state index in [2.05, 4.69) is 15.6 Å². The summed E-state index contributed by atoms with van der Waals surface area (Å²) in [4.78, 5) is 28.7. The first-order valence-corrected chi connectivity index (χ1v) is 11.1. The maximum atomic E-state index is 13.8. The lowest BCUT2D eigenvalue weighted by atomic mass is 10.1. The fourth-order valence-electron chi connectivity index (χ4n) is 3.89. The lowest BCUT2D eigenvalue weighted by molar-refractivity contribution is -0.127. The molecule has 2 amide bonds. The third-order valence-electron chi connectivity index (χ3n) is 5.62. The van der Waals surface area contributed by atoms with Gasteiger partial charge in [-0.25, -0.2) is 4.68 Å². The van der Waals surface area contributed by atoms with Crippen molar-refractivity contribution >= 4 is 28.5 Å². The molecule has 9 nitrogen and oxygen atoms in total. The molecule has 0 radical (unpaired) electrons. The highest BCUT2D eigenvalue weighted by Crippen LogP contribution is 2.29. The number of anilines is 1. The number of nitrogens with zero attached hydrogens (tertiary/aromatic N) is 4. The second-order valence-electron chi connectivity index (χ2n) is 8.05. The molecule has 5 rings (SSSR count). The molecule has 0 bridgehead atoms. The molecular formula is C26H23N5O4. The number of benzene rings is 2. The summed E-state index contributed by atoms with van der Waals surface area (Å²) in [5, 5.41) is 11.1. The van der Waals surface area contributed by atoms with Crippen molar-refractivity contribution in [2.75, 3.05) is 4.90 Å². The standard InChI is InChI=1S/C26H23N5O4/c1-18-10-12-19(13-11-18)31(24(32)17-30-22-8-3-2-7-21(22)28-29-30)25(23-9-5-15-35-23)26(33)27-16-20-6-4-14-34-20/h2-15,25H,16-17H2,1H3,(H,27,33)/t25-/m1/s1. The molecule has 1 N–H and O–H groups in total. The van der Waals surface area contributed by atoms with Crippen molar-refractivity contribution in [3.63, 3.8) is 0 Å². The van der Waals surface area contributed by atoms with Crippen LogP contribution in [-0.4, -0.2) is 26.8 Å². The largest absolute Gasteiger partial charge is 0.467 e. The summed E-state index contributed by atoms with van der Waals surface area (Å²) in [6.45, 7) is 2.02. The number of aromatic nitrogens is 3. The first-order chi connectivity index (χ1) is 17.1. The van der Waals surface area contributed by atoms with Gasteiger partial charge in [-0.3, -0.25) is 14.5 Å². The number of furan rings is 2. The highest BCUT2D eigenvalue weighted by molar-refractivity contribution is 6.01. The molecule has 0 fully saturated rings.